The lowest BCUT2D eigenvalue weighted by molar-refractivity contribution is 0.475. The van der Waals surface area contributed by atoms with E-state index in [-0.39, 0.29) is 5.75 Å². The third kappa shape index (κ3) is 4.84. The van der Waals surface area contributed by atoms with Crippen LogP contribution in [0.25, 0.3) is 0 Å². The number of aromatic hydroxyl groups is 1. The minimum atomic E-state index is 0.138. The van der Waals surface area contributed by atoms with E-state index in [1.165, 1.54) is 6.42 Å². The fraction of sp³-hybridized carbons (Fsp3) is 0.500. The summed E-state index contributed by atoms with van der Waals surface area (Å²) >= 11 is 5.81. The molecule has 90 valence electrons. The van der Waals surface area contributed by atoms with Crippen molar-refractivity contribution in [3.05, 3.63) is 28.8 Å². The first kappa shape index (κ1) is 13.3. The second-order valence-electron chi connectivity index (χ2n) is 3.77. The second kappa shape index (κ2) is 7.49. The van der Waals surface area contributed by atoms with Crippen molar-refractivity contribution < 1.29 is 5.11 Å². The summed E-state index contributed by atoms with van der Waals surface area (Å²) in [5, 5.41) is 16.1. The van der Waals surface area contributed by atoms with Crippen molar-refractivity contribution in [2.75, 3.05) is 20.1 Å². The van der Waals surface area contributed by atoms with Crippen molar-refractivity contribution in [3.8, 4) is 5.75 Å². The predicted octanol–water partition coefficient (Wildman–Crippen LogP) is 2.13. The van der Waals surface area contributed by atoms with Crippen molar-refractivity contribution in [2.45, 2.75) is 19.4 Å². The Morgan fingerprint density at radius 1 is 1.25 bits per heavy atom. The lowest BCUT2D eigenvalue weighted by Crippen LogP contribution is -2.16. The normalized spacial score (nSPS) is 10.6. The van der Waals surface area contributed by atoms with E-state index in [1.807, 2.05) is 13.1 Å². The Kier molecular flexibility index (Phi) is 6.23. The van der Waals surface area contributed by atoms with Gasteiger partial charge in [0, 0.05) is 6.54 Å². The molecule has 0 bridgehead atoms. The first-order chi connectivity index (χ1) is 7.74. The highest BCUT2D eigenvalue weighted by Gasteiger charge is 1.99. The molecule has 0 aromatic heterocycles. The summed E-state index contributed by atoms with van der Waals surface area (Å²) in [6.07, 6.45) is 2.34. The molecular weight excluding hydrogens is 224 g/mol. The van der Waals surface area contributed by atoms with Crippen LogP contribution >= 0.6 is 11.6 Å². The standard InChI is InChI=1S/C12H19ClN2O/c1-14-6-2-3-7-15-9-10-4-5-12(16)11(13)8-10/h4-5,8,14-16H,2-3,6-7,9H2,1H3. The molecule has 0 unspecified atom stereocenters. The van der Waals surface area contributed by atoms with Crippen molar-refractivity contribution in [3.63, 3.8) is 0 Å². The first-order valence-corrected chi connectivity index (χ1v) is 5.94. The Labute approximate surface area is 102 Å². The quantitative estimate of drug-likeness (QED) is 0.642. The van der Waals surface area contributed by atoms with Crippen LogP contribution in [0.1, 0.15) is 18.4 Å². The number of unbranched alkanes of at least 4 members (excludes halogenated alkanes) is 1. The molecule has 0 atom stereocenters. The van der Waals surface area contributed by atoms with Crippen LogP contribution in [-0.4, -0.2) is 25.2 Å². The smallest absolute Gasteiger partial charge is 0.134 e. The van der Waals surface area contributed by atoms with Crippen LogP contribution in [0, 0.1) is 0 Å². The maximum atomic E-state index is 9.25. The molecule has 16 heavy (non-hydrogen) atoms. The number of hydrogen-bond acceptors (Lipinski definition) is 3. The molecule has 3 nitrogen and oxygen atoms in total. The first-order valence-electron chi connectivity index (χ1n) is 5.56. The van der Waals surface area contributed by atoms with Crippen molar-refractivity contribution >= 4 is 11.6 Å². The molecule has 0 heterocycles. The van der Waals surface area contributed by atoms with Crippen LogP contribution in [0.2, 0.25) is 5.02 Å². The van der Waals surface area contributed by atoms with Crippen LogP contribution in [-0.2, 0) is 6.54 Å². The zero-order valence-corrected chi connectivity index (χ0v) is 10.3. The average Bonchev–Trinajstić information content (AvgIpc) is 2.28. The summed E-state index contributed by atoms with van der Waals surface area (Å²) in [6.45, 7) is 2.85. The SMILES string of the molecule is CNCCCCNCc1ccc(O)c(Cl)c1. The Balaban J connectivity index is 2.19. The fourth-order valence-electron chi connectivity index (χ4n) is 1.44. The lowest BCUT2D eigenvalue weighted by atomic mass is 10.2. The molecule has 0 saturated carbocycles. The summed E-state index contributed by atoms with van der Waals surface area (Å²) in [6, 6.07) is 5.29. The second-order valence-corrected chi connectivity index (χ2v) is 4.18. The molecular formula is C12H19ClN2O. The van der Waals surface area contributed by atoms with Gasteiger partial charge in [0.15, 0.2) is 0 Å². The molecule has 0 fully saturated rings. The summed E-state index contributed by atoms with van der Waals surface area (Å²) in [7, 11) is 1.96. The van der Waals surface area contributed by atoms with Gasteiger partial charge in [-0.15, -0.1) is 0 Å². The number of nitrogens with one attached hydrogen (secondary N) is 2. The molecule has 4 heteroatoms. The van der Waals surface area contributed by atoms with Crippen molar-refractivity contribution in [1.29, 1.82) is 0 Å². The molecule has 3 N–H and O–H groups in total. The molecule has 0 aliphatic carbocycles. The Hall–Kier alpha value is -0.770. The van der Waals surface area contributed by atoms with Gasteiger partial charge in [-0.1, -0.05) is 17.7 Å². The minimum absolute atomic E-state index is 0.138. The minimum Gasteiger partial charge on any atom is -0.506 e. The number of phenolic OH excluding ortho intramolecular Hbond substituents is 1. The van der Waals surface area contributed by atoms with E-state index in [9.17, 15) is 5.11 Å². The highest BCUT2D eigenvalue weighted by molar-refractivity contribution is 6.32. The van der Waals surface area contributed by atoms with Gasteiger partial charge in [-0.2, -0.15) is 0 Å². The molecule has 0 saturated heterocycles. The maximum absolute atomic E-state index is 9.25. The van der Waals surface area contributed by atoms with Gasteiger partial charge in [0.05, 0.1) is 5.02 Å². The summed E-state index contributed by atoms with van der Waals surface area (Å²) in [5.41, 5.74) is 1.09. The van der Waals surface area contributed by atoms with E-state index in [0.717, 1.165) is 31.6 Å². The van der Waals surface area contributed by atoms with E-state index in [0.29, 0.717) is 5.02 Å². The van der Waals surface area contributed by atoms with Crippen molar-refractivity contribution in [1.82, 2.24) is 10.6 Å². The van der Waals surface area contributed by atoms with E-state index < -0.39 is 0 Å². The maximum Gasteiger partial charge on any atom is 0.134 e. The lowest BCUT2D eigenvalue weighted by Gasteiger charge is -2.06. The van der Waals surface area contributed by atoms with Gasteiger partial charge >= 0.3 is 0 Å². The van der Waals surface area contributed by atoms with Crippen LogP contribution in [0.4, 0.5) is 0 Å². The largest absolute Gasteiger partial charge is 0.506 e. The van der Waals surface area contributed by atoms with Crippen LogP contribution in [0.15, 0.2) is 18.2 Å². The van der Waals surface area contributed by atoms with Crippen LogP contribution < -0.4 is 10.6 Å². The molecule has 0 spiro atoms. The van der Waals surface area contributed by atoms with Crippen LogP contribution in [0.5, 0.6) is 5.75 Å². The zero-order chi connectivity index (χ0) is 11.8. The van der Waals surface area contributed by atoms with Gasteiger partial charge in [0.25, 0.3) is 0 Å². The van der Waals surface area contributed by atoms with Gasteiger partial charge in [-0.05, 0) is 50.7 Å². The van der Waals surface area contributed by atoms with E-state index in [4.69, 9.17) is 11.6 Å². The molecule has 0 aliphatic heterocycles. The molecule has 1 aromatic rings. The Morgan fingerprint density at radius 2 is 2.00 bits per heavy atom. The van der Waals surface area contributed by atoms with Gasteiger partial charge in [0.1, 0.15) is 5.75 Å². The Bertz CT molecular complexity index is 318. The third-order valence-electron chi connectivity index (χ3n) is 2.37. The third-order valence-corrected chi connectivity index (χ3v) is 2.67. The number of halogens is 1. The highest BCUT2D eigenvalue weighted by atomic mass is 35.5. The van der Waals surface area contributed by atoms with Gasteiger partial charge in [-0.3, -0.25) is 0 Å². The molecule has 0 amide bonds. The van der Waals surface area contributed by atoms with E-state index >= 15 is 0 Å². The topological polar surface area (TPSA) is 44.3 Å². The predicted molar refractivity (Wildman–Crippen MR) is 68.0 cm³/mol. The fourth-order valence-corrected chi connectivity index (χ4v) is 1.65. The molecule has 1 aromatic carbocycles. The molecule has 0 radical (unpaired) electrons. The zero-order valence-electron chi connectivity index (χ0n) is 9.59. The molecule has 1 rings (SSSR count). The van der Waals surface area contributed by atoms with Crippen molar-refractivity contribution in [2.24, 2.45) is 0 Å². The number of rotatable bonds is 7. The number of phenols is 1. The highest BCUT2D eigenvalue weighted by Crippen LogP contribution is 2.23. The molecule has 0 aliphatic rings. The number of benzene rings is 1. The van der Waals surface area contributed by atoms with Gasteiger partial charge < -0.3 is 15.7 Å². The monoisotopic (exact) mass is 242 g/mol. The Morgan fingerprint density at radius 3 is 2.69 bits per heavy atom. The average molecular weight is 243 g/mol. The summed E-state index contributed by atoms with van der Waals surface area (Å²) < 4.78 is 0. The summed E-state index contributed by atoms with van der Waals surface area (Å²) in [5.74, 6) is 0.138. The van der Waals surface area contributed by atoms with Gasteiger partial charge in [-0.25, -0.2) is 0 Å². The number of hydrogen-bond donors (Lipinski definition) is 3. The van der Waals surface area contributed by atoms with E-state index in [1.54, 1.807) is 12.1 Å². The van der Waals surface area contributed by atoms with Gasteiger partial charge in [0.2, 0.25) is 0 Å². The van der Waals surface area contributed by atoms with Crippen LogP contribution in [0.3, 0.4) is 0 Å². The summed E-state index contributed by atoms with van der Waals surface area (Å²) in [4.78, 5) is 0. The van der Waals surface area contributed by atoms with E-state index in [2.05, 4.69) is 10.6 Å².